The van der Waals surface area contributed by atoms with E-state index in [1.165, 1.54) is 7.11 Å². The predicted molar refractivity (Wildman–Crippen MR) is 93.8 cm³/mol. The summed E-state index contributed by atoms with van der Waals surface area (Å²) >= 11 is 0. The van der Waals surface area contributed by atoms with Gasteiger partial charge in [-0.3, -0.25) is 9.59 Å². The maximum atomic E-state index is 12.7. The monoisotopic (exact) mass is 358 g/mol. The summed E-state index contributed by atoms with van der Waals surface area (Å²) in [7, 11) is 1.54. The molecular weight excluding hydrogens is 336 g/mol. The fourth-order valence-electron chi connectivity index (χ4n) is 2.88. The molecule has 0 radical (unpaired) electrons. The molecule has 7 heteroatoms. The van der Waals surface area contributed by atoms with Crippen molar-refractivity contribution in [3.63, 3.8) is 0 Å². The van der Waals surface area contributed by atoms with E-state index in [0.29, 0.717) is 22.9 Å². The first-order valence-corrected chi connectivity index (χ1v) is 8.40. The summed E-state index contributed by atoms with van der Waals surface area (Å²) in [5.41, 5.74) is 0.444. The zero-order valence-electron chi connectivity index (χ0n) is 15.2. The zero-order valence-corrected chi connectivity index (χ0v) is 15.2. The maximum absolute atomic E-state index is 12.7. The molecule has 1 saturated heterocycles. The Morgan fingerprint density at radius 1 is 1.31 bits per heavy atom. The average molecular weight is 358 g/mol. The van der Waals surface area contributed by atoms with Crippen LogP contribution in [0.1, 0.15) is 44.6 Å². The van der Waals surface area contributed by atoms with Crippen molar-refractivity contribution in [2.75, 3.05) is 12.4 Å². The van der Waals surface area contributed by atoms with Gasteiger partial charge in [-0.15, -0.1) is 0 Å². The molecule has 2 aromatic rings. The Labute approximate surface area is 151 Å². The summed E-state index contributed by atoms with van der Waals surface area (Å²) in [6.45, 7) is 5.96. The number of rotatable bonds is 4. The molecule has 1 amide bonds. The van der Waals surface area contributed by atoms with Gasteiger partial charge in [-0.1, -0.05) is 44.1 Å². The number of anilines is 1. The number of nitrogens with zero attached hydrogens (tertiary/aromatic N) is 1. The molecular formula is C19H22N2O5. The maximum Gasteiger partial charge on any atom is 0.307 e. The van der Waals surface area contributed by atoms with E-state index in [0.717, 1.165) is 0 Å². The highest BCUT2D eigenvalue weighted by molar-refractivity contribution is 5.95. The van der Waals surface area contributed by atoms with Gasteiger partial charge < -0.3 is 19.3 Å². The molecule has 0 aliphatic carbocycles. The SMILES string of the molecule is COc1ccccc1[C@@H]1OC(=O)C[C@@H]1C(=O)Nc1cc(C(C)(C)C)on1. The van der Waals surface area contributed by atoms with Gasteiger partial charge in [-0.05, 0) is 6.07 Å². The van der Waals surface area contributed by atoms with Crippen molar-refractivity contribution in [3.8, 4) is 5.75 Å². The van der Waals surface area contributed by atoms with Gasteiger partial charge in [-0.25, -0.2) is 0 Å². The van der Waals surface area contributed by atoms with Crippen molar-refractivity contribution >= 4 is 17.7 Å². The highest BCUT2D eigenvalue weighted by Gasteiger charge is 2.42. The molecule has 26 heavy (non-hydrogen) atoms. The summed E-state index contributed by atoms with van der Waals surface area (Å²) in [4.78, 5) is 24.6. The Hall–Kier alpha value is -2.83. The van der Waals surface area contributed by atoms with E-state index in [1.54, 1.807) is 18.2 Å². The highest BCUT2D eigenvalue weighted by Crippen LogP contribution is 2.40. The van der Waals surface area contributed by atoms with E-state index in [2.05, 4.69) is 10.5 Å². The number of methoxy groups -OCH3 is 1. The number of esters is 1. The number of benzene rings is 1. The van der Waals surface area contributed by atoms with Crippen LogP contribution >= 0.6 is 0 Å². The molecule has 138 valence electrons. The fourth-order valence-corrected chi connectivity index (χ4v) is 2.88. The van der Waals surface area contributed by atoms with Gasteiger partial charge in [0.15, 0.2) is 5.82 Å². The fraction of sp³-hybridized carbons (Fsp3) is 0.421. The standard InChI is InChI=1S/C19H22N2O5/c1-19(2,3)14-10-15(21-26-14)20-18(23)12-9-16(22)25-17(12)11-7-5-6-8-13(11)24-4/h5-8,10,12,17H,9H2,1-4H3,(H,20,21,23)/t12-,17-/m0/s1. The van der Waals surface area contributed by atoms with Gasteiger partial charge in [0.2, 0.25) is 5.91 Å². The molecule has 0 unspecified atom stereocenters. The number of para-hydroxylation sites is 1. The van der Waals surface area contributed by atoms with Crippen molar-refractivity contribution in [2.45, 2.75) is 38.7 Å². The van der Waals surface area contributed by atoms with Crippen molar-refractivity contribution < 1.29 is 23.6 Å². The summed E-state index contributed by atoms with van der Waals surface area (Å²) < 4.78 is 16.0. The minimum atomic E-state index is -0.701. The summed E-state index contributed by atoms with van der Waals surface area (Å²) in [6, 6.07) is 8.87. The van der Waals surface area contributed by atoms with E-state index >= 15 is 0 Å². The first kappa shape index (κ1) is 18.0. The lowest BCUT2D eigenvalue weighted by atomic mass is 9.93. The Bertz CT molecular complexity index is 821. The molecule has 1 aliphatic heterocycles. The van der Waals surface area contributed by atoms with E-state index in [4.69, 9.17) is 14.0 Å². The van der Waals surface area contributed by atoms with Crippen LogP contribution in [0.25, 0.3) is 0 Å². The first-order chi connectivity index (χ1) is 12.3. The van der Waals surface area contributed by atoms with Crippen molar-refractivity contribution in [2.24, 2.45) is 5.92 Å². The molecule has 0 saturated carbocycles. The van der Waals surface area contributed by atoms with Crippen LogP contribution in [0.3, 0.4) is 0 Å². The smallest absolute Gasteiger partial charge is 0.307 e. The number of hydrogen-bond acceptors (Lipinski definition) is 6. The number of ether oxygens (including phenoxy) is 2. The number of amides is 1. The molecule has 1 aromatic carbocycles. The summed E-state index contributed by atoms with van der Waals surface area (Å²) in [6.07, 6.45) is -0.703. The Morgan fingerprint density at radius 3 is 2.69 bits per heavy atom. The first-order valence-electron chi connectivity index (χ1n) is 8.40. The number of nitrogens with one attached hydrogen (secondary N) is 1. The number of hydrogen-bond donors (Lipinski definition) is 1. The zero-order chi connectivity index (χ0) is 18.9. The molecule has 3 rings (SSSR count). The third-order valence-electron chi connectivity index (χ3n) is 4.29. The molecule has 0 spiro atoms. The summed E-state index contributed by atoms with van der Waals surface area (Å²) in [5.74, 6) is 0.109. The van der Waals surface area contributed by atoms with Crippen LogP contribution in [-0.2, 0) is 19.7 Å². The second kappa shape index (κ2) is 6.82. The highest BCUT2D eigenvalue weighted by atomic mass is 16.6. The average Bonchev–Trinajstić information content (AvgIpc) is 3.21. The third kappa shape index (κ3) is 3.56. The Kier molecular flexibility index (Phi) is 4.71. The Balaban J connectivity index is 1.81. The quantitative estimate of drug-likeness (QED) is 0.844. The van der Waals surface area contributed by atoms with Gasteiger partial charge in [-0.2, -0.15) is 0 Å². The third-order valence-corrected chi connectivity index (χ3v) is 4.29. The Morgan fingerprint density at radius 2 is 2.04 bits per heavy atom. The molecule has 2 atom stereocenters. The van der Waals surface area contributed by atoms with E-state index in [-0.39, 0.29) is 17.7 Å². The molecule has 2 heterocycles. The summed E-state index contributed by atoms with van der Waals surface area (Å²) in [5, 5.41) is 6.60. The molecule has 7 nitrogen and oxygen atoms in total. The van der Waals surface area contributed by atoms with Gasteiger partial charge in [0, 0.05) is 17.0 Å². The normalized spacial score (nSPS) is 19.9. The van der Waals surface area contributed by atoms with Crippen molar-refractivity contribution in [1.82, 2.24) is 5.16 Å². The number of aromatic nitrogens is 1. The van der Waals surface area contributed by atoms with Crippen LogP contribution < -0.4 is 10.1 Å². The van der Waals surface area contributed by atoms with Crippen LogP contribution in [-0.4, -0.2) is 24.1 Å². The topological polar surface area (TPSA) is 90.7 Å². The van der Waals surface area contributed by atoms with Crippen LogP contribution in [0, 0.1) is 5.92 Å². The van der Waals surface area contributed by atoms with E-state index in [1.807, 2.05) is 32.9 Å². The van der Waals surface area contributed by atoms with Gasteiger partial charge in [0.1, 0.15) is 17.6 Å². The lowest BCUT2D eigenvalue weighted by Crippen LogP contribution is -2.25. The lowest BCUT2D eigenvalue weighted by Gasteiger charge is -2.19. The largest absolute Gasteiger partial charge is 0.496 e. The van der Waals surface area contributed by atoms with Crippen LogP contribution in [0.5, 0.6) is 5.75 Å². The molecule has 1 aromatic heterocycles. The van der Waals surface area contributed by atoms with Gasteiger partial charge in [0.25, 0.3) is 0 Å². The molecule has 1 fully saturated rings. The minimum absolute atomic E-state index is 0.00146. The second-order valence-corrected chi connectivity index (χ2v) is 7.28. The molecule has 1 aliphatic rings. The minimum Gasteiger partial charge on any atom is -0.496 e. The van der Waals surface area contributed by atoms with Crippen LogP contribution in [0.2, 0.25) is 0 Å². The predicted octanol–water partition coefficient (Wildman–Crippen LogP) is 3.22. The molecule has 0 bridgehead atoms. The van der Waals surface area contributed by atoms with Crippen LogP contribution in [0.15, 0.2) is 34.9 Å². The van der Waals surface area contributed by atoms with E-state index < -0.39 is 18.0 Å². The van der Waals surface area contributed by atoms with Gasteiger partial charge >= 0.3 is 5.97 Å². The van der Waals surface area contributed by atoms with Gasteiger partial charge in [0.05, 0.1) is 19.4 Å². The van der Waals surface area contributed by atoms with Crippen molar-refractivity contribution in [3.05, 3.63) is 41.7 Å². The number of cyclic esters (lactones) is 1. The van der Waals surface area contributed by atoms with Crippen LogP contribution in [0.4, 0.5) is 5.82 Å². The number of carbonyl (C=O) groups is 2. The molecule has 1 N–H and O–H groups in total. The number of carbonyl (C=O) groups excluding carboxylic acids is 2. The van der Waals surface area contributed by atoms with Crippen molar-refractivity contribution in [1.29, 1.82) is 0 Å². The second-order valence-electron chi connectivity index (χ2n) is 7.28. The lowest BCUT2D eigenvalue weighted by molar-refractivity contribution is -0.141. The van der Waals surface area contributed by atoms with E-state index in [9.17, 15) is 9.59 Å².